The first-order chi connectivity index (χ1) is 12.4. The van der Waals surface area contributed by atoms with Crippen LogP contribution in [0.4, 0.5) is 13.2 Å². The topological polar surface area (TPSA) is 66.0 Å². The molecule has 1 unspecified atom stereocenters. The maximum absolute atomic E-state index is 12.4. The molecule has 1 saturated heterocycles. The van der Waals surface area contributed by atoms with Crippen LogP contribution < -0.4 is 10.6 Å². The zero-order chi connectivity index (χ0) is 19.0. The van der Waals surface area contributed by atoms with Crippen molar-refractivity contribution in [2.24, 2.45) is 10.9 Å². The molecule has 0 bridgehead atoms. The number of likely N-dealkylation sites (tertiary alicyclic amines) is 1. The van der Waals surface area contributed by atoms with Crippen LogP contribution in [0, 0.1) is 5.92 Å². The molecular weight excluding hydrogens is 476 g/mol. The summed E-state index contributed by atoms with van der Waals surface area (Å²) in [5, 5.41) is 6.35. The third-order valence-corrected chi connectivity index (χ3v) is 4.79. The number of guanidine groups is 1. The Labute approximate surface area is 175 Å². The summed E-state index contributed by atoms with van der Waals surface area (Å²) in [6, 6.07) is 0.146. The Morgan fingerprint density at radius 3 is 2.59 bits per heavy atom. The molecule has 2 rings (SSSR count). The number of alkyl halides is 3. The van der Waals surface area contributed by atoms with Crippen LogP contribution in [0.25, 0.3) is 0 Å². The quantitative estimate of drug-likeness (QED) is 0.241. The van der Waals surface area contributed by atoms with E-state index in [1.807, 2.05) is 4.90 Å². The van der Waals surface area contributed by atoms with E-state index in [9.17, 15) is 18.0 Å². The molecule has 27 heavy (non-hydrogen) atoms. The first-order valence-electron chi connectivity index (χ1n) is 9.29. The Bertz CT molecular complexity index is 485. The first-order valence-corrected chi connectivity index (χ1v) is 9.29. The number of carbonyl (C=O) groups excluding carboxylic acids is 1. The van der Waals surface area contributed by atoms with Crippen LogP contribution in [0.3, 0.4) is 0 Å². The van der Waals surface area contributed by atoms with E-state index in [-0.39, 0.29) is 48.5 Å². The molecule has 1 saturated carbocycles. The summed E-state index contributed by atoms with van der Waals surface area (Å²) in [6.07, 6.45) is 1.35. The Kier molecular flexibility index (Phi) is 10.7. The maximum Gasteiger partial charge on any atom is 0.411 e. The molecule has 2 aliphatic rings. The highest BCUT2D eigenvalue weighted by molar-refractivity contribution is 14.0. The number of rotatable bonds is 7. The fourth-order valence-electron chi connectivity index (χ4n) is 3.47. The van der Waals surface area contributed by atoms with Gasteiger partial charge >= 0.3 is 6.18 Å². The Morgan fingerprint density at radius 2 is 1.96 bits per heavy atom. The van der Waals surface area contributed by atoms with Gasteiger partial charge in [-0.1, -0.05) is 12.8 Å². The Balaban J connectivity index is 0.00000364. The van der Waals surface area contributed by atoms with Crippen molar-refractivity contribution in [2.45, 2.75) is 50.7 Å². The van der Waals surface area contributed by atoms with Gasteiger partial charge in [0.2, 0.25) is 5.91 Å². The standard InChI is InChI=1S/C17H29F3N4O2.HI/c1-21-16(22-8-4-10-26-12-17(18,19)20)23-14-7-9-24(11-14)15(25)13-5-2-3-6-13;/h13-14H,2-12H2,1H3,(H2,21,22,23);1H. The van der Waals surface area contributed by atoms with Crippen LogP contribution in [-0.2, 0) is 9.53 Å². The number of hydrogen-bond acceptors (Lipinski definition) is 3. The molecule has 0 spiro atoms. The number of aliphatic imine (C=N–C) groups is 1. The van der Waals surface area contributed by atoms with E-state index in [0.29, 0.717) is 25.5 Å². The number of nitrogens with one attached hydrogen (secondary N) is 2. The molecular formula is C17H30F3IN4O2. The predicted molar refractivity (Wildman–Crippen MR) is 108 cm³/mol. The molecule has 158 valence electrons. The van der Waals surface area contributed by atoms with Crippen molar-refractivity contribution in [2.75, 3.05) is 39.9 Å². The van der Waals surface area contributed by atoms with Gasteiger partial charge in [-0.2, -0.15) is 13.2 Å². The number of halogens is 4. The smallest absolute Gasteiger partial charge is 0.372 e. The van der Waals surface area contributed by atoms with Crippen molar-refractivity contribution in [3.05, 3.63) is 0 Å². The van der Waals surface area contributed by atoms with Crippen LogP contribution in [0.15, 0.2) is 4.99 Å². The van der Waals surface area contributed by atoms with E-state index < -0.39 is 12.8 Å². The zero-order valence-corrected chi connectivity index (χ0v) is 18.0. The van der Waals surface area contributed by atoms with Gasteiger partial charge in [-0.25, -0.2) is 0 Å². The second-order valence-electron chi connectivity index (χ2n) is 6.92. The molecule has 0 radical (unpaired) electrons. The summed E-state index contributed by atoms with van der Waals surface area (Å²) in [5.41, 5.74) is 0. The largest absolute Gasteiger partial charge is 0.411 e. The molecule has 1 atom stereocenters. The molecule has 1 heterocycles. The van der Waals surface area contributed by atoms with Gasteiger partial charge < -0.3 is 20.3 Å². The highest BCUT2D eigenvalue weighted by Crippen LogP contribution is 2.27. The van der Waals surface area contributed by atoms with Gasteiger partial charge in [0.1, 0.15) is 6.61 Å². The van der Waals surface area contributed by atoms with Crippen LogP contribution >= 0.6 is 24.0 Å². The van der Waals surface area contributed by atoms with Crippen molar-refractivity contribution in [1.82, 2.24) is 15.5 Å². The highest BCUT2D eigenvalue weighted by atomic mass is 127. The number of carbonyl (C=O) groups is 1. The number of amides is 1. The molecule has 1 amide bonds. The monoisotopic (exact) mass is 506 g/mol. The fourth-order valence-corrected chi connectivity index (χ4v) is 3.47. The van der Waals surface area contributed by atoms with E-state index in [1.54, 1.807) is 7.05 Å². The lowest BCUT2D eigenvalue weighted by Gasteiger charge is -2.21. The van der Waals surface area contributed by atoms with Crippen LogP contribution in [0.2, 0.25) is 0 Å². The van der Waals surface area contributed by atoms with Gasteiger partial charge in [-0.3, -0.25) is 9.79 Å². The second kappa shape index (κ2) is 11.9. The molecule has 0 aromatic rings. The van der Waals surface area contributed by atoms with Gasteiger partial charge in [0, 0.05) is 45.2 Å². The third-order valence-electron chi connectivity index (χ3n) is 4.79. The summed E-state index contributed by atoms with van der Waals surface area (Å²) >= 11 is 0. The van der Waals surface area contributed by atoms with Gasteiger partial charge in [-0.15, -0.1) is 24.0 Å². The van der Waals surface area contributed by atoms with E-state index >= 15 is 0 Å². The van der Waals surface area contributed by atoms with Crippen molar-refractivity contribution < 1.29 is 22.7 Å². The Hall–Kier alpha value is -0.780. The van der Waals surface area contributed by atoms with E-state index in [4.69, 9.17) is 0 Å². The van der Waals surface area contributed by atoms with Crippen molar-refractivity contribution >= 4 is 35.8 Å². The molecule has 1 aliphatic heterocycles. The average Bonchev–Trinajstić information content (AvgIpc) is 3.27. The van der Waals surface area contributed by atoms with Crippen molar-refractivity contribution in [1.29, 1.82) is 0 Å². The number of nitrogens with zero attached hydrogens (tertiary/aromatic N) is 2. The lowest BCUT2D eigenvalue weighted by molar-refractivity contribution is -0.173. The fraction of sp³-hybridized carbons (Fsp3) is 0.882. The summed E-state index contributed by atoms with van der Waals surface area (Å²) in [5.74, 6) is 1.07. The minimum atomic E-state index is -4.28. The Morgan fingerprint density at radius 1 is 1.26 bits per heavy atom. The average molecular weight is 506 g/mol. The molecule has 2 fully saturated rings. The SMILES string of the molecule is CN=C(NCCCOCC(F)(F)F)NC1CCN(C(=O)C2CCCC2)C1.I. The van der Waals surface area contributed by atoms with Crippen LogP contribution in [0.5, 0.6) is 0 Å². The van der Waals surface area contributed by atoms with E-state index in [1.165, 1.54) is 0 Å². The summed E-state index contributed by atoms with van der Waals surface area (Å²) in [7, 11) is 1.64. The molecule has 2 N–H and O–H groups in total. The molecule has 10 heteroatoms. The number of hydrogen-bond donors (Lipinski definition) is 2. The van der Waals surface area contributed by atoms with Gasteiger partial charge in [-0.05, 0) is 25.7 Å². The van der Waals surface area contributed by atoms with E-state index in [0.717, 1.165) is 38.6 Å². The van der Waals surface area contributed by atoms with Crippen LogP contribution in [-0.4, -0.2) is 68.9 Å². The lowest BCUT2D eigenvalue weighted by Crippen LogP contribution is -2.45. The van der Waals surface area contributed by atoms with Crippen molar-refractivity contribution in [3.8, 4) is 0 Å². The van der Waals surface area contributed by atoms with Crippen molar-refractivity contribution in [3.63, 3.8) is 0 Å². The summed E-state index contributed by atoms with van der Waals surface area (Å²) in [6.45, 7) is 0.721. The minimum Gasteiger partial charge on any atom is -0.372 e. The lowest BCUT2D eigenvalue weighted by atomic mass is 10.1. The normalized spacial score (nSPS) is 21.3. The van der Waals surface area contributed by atoms with Gasteiger partial charge in [0.05, 0.1) is 0 Å². The van der Waals surface area contributed by atoms with Gasteiger partial charge in [0.25, 0.3) is 0 Å². The summed E-state index contributed by atoms with van der Waals surface area (Å²) < 4.78 is 40.5. The zero-order valence-electron chi connectivity index (χ0n) is 15.7. The minimum absolute atomic E-state index is 0. The molecule has 1 aliphatic carbocycles. The maximum atomic E-state index is 12.4. The van der Waals surface area contributed by atoms with E-state index in [2.05, 4.69) is 20.4 Å². The molecule has 6 nitrogen and oxygen atoms in total. The highest BCUT2D eigenvalue weighted by Gasteiger charge is 2.32. The second-order valence-corrected chi connectivity index (χ2v) is 6.92. The molecule has 0 aromatic carbocycles. The predicted octanol–water partition coefficient (Wildman–Crippen LogP) is 2.53. The first kappa shape index (κ1) is 24.3. The third kappa shape index (κ3) is 8.84. The van der Waals surface area contributed by atoms with Crippen LogP contribution in [0.1, 0.15) is 38.5 Å². The summed E-state index contributed by atoms with van der Waals surface area (Å²) in [4.78, 5) is 18.5. The van der Waals surface area contributed by atoms with Gasteiger partial charge in [0.15, 0.2) is 5.96 Å². The number of ether oxygens (including phenoxy) is 1. The molecule has 0 aromatic heterocycles.